The number of carbonyl (C=O) groups is 1. The molecule has 0 bridgehead atoms. The van der Waals surface area contributed by atoms with E-state index >= 15 is 0 Å². The lowest BCUT2D eigenvalue weighted by atomic mass is 10.2. The van der Waals surface area contributed by atoms with Gasteiger partial charge in [-0.1, -0.05) is 68.1 Å². The van der Waals surface area contributed by atoms with Crippen LogP contribution in [0.1, 0.15) is 32.8 Å². The van der Waals surface area contributed by atoms with Gasteiger partial charge in [0.05, 0.1) is 11.4 Å². The Labute approximate surface area is 193 Å². The lowest BCUT2D eigenvalue weighted by Crippen LogP contribution is -2.30. The summed E-state index contributed by atoms with van der Waals surface area (Å²) in [7, 11) is -3.59. The molecule has 3 rings (SSSR count). The highest BCUT2D eigenvalue weighted by atomic mass is 32.2. The van der Waals surface area contributed by atoms with Gasteiger partial charge in [0.25, 0.3) is 0 Å². The molecule has 0 atom stereocenters. The van der Waals surface area contributed by atoms with E-state index in [4.69, 9.17) is 0 Å². The van der Waals surface area contributed by atoms with Crippen molar-refractivity contribution in [2.24, 2.45) is 0 Å². The van der Waals surface area contributed by atoms with Crippen molar-refractivity contribution in [1.29, 1.82) is 0 Å². The maximum Gasteiger partial charge on any atom is 0.243 e. The van der Waals surface area contributed by atoms with Crippen LogP contribution in [0.25, 0.3) is 11.4 Å². The fourth-order valence-corrected chi connectivity index (χ4v) is 5.79. The zero-order valence-corrected chi connectivity index (χ0v) is 20.2. The van der Waals surface area contributed by atoms with Crippen molar-refractivity contribution in [3.8, 4) is 11.4 Å². The van der Waals surface area contributed by atoms with Gasteiger partial charge in [-0.15, -0.1) is 10.2 Å². The molecule has 0 spiro atoms. The summed E-state index contributed by atoms with van der Waals surface area (Å²) in [5, 5.41) is 9.43. The number of carbonyl (C=O) groups excluding carboxylic acids is 1. The quantitative estimate of drug-likeness (QED) is 0.391. The molecular weight excluding hydrogens is 444 g/mol. The molecule has 3 aromatic rings. The van der Waals surface area contributed by atoms with Crippen molar-refractivity contribution in [2.75, 3.05) is 18.8 Å². The largest absolute Gasteiger partial charge is 0.300 e. The molecule has 0 fully saturated rings. The Morgan fingerprint density at radius 3 is 2.41 bits per heavy atom. The van der Waals surface area contributed by atoms with Crippen molar-refractivity contribution in [2.45, 2.75) is 43.8 Å². The molecule has 0 radical (unpaired) electrons. The van der Waals surface area contributed by atoms with E-state index in [1.54, 1.807) is 25.1 Å². The first-order valence-electron chi connectivity index (χ1n) is 10.6. The summed E-state index contributed by atoms with van der Waals surface area (Å²) < 4.78 is 29.4. The molecule has 170 valence electrons. The molecule has 9 heteroatoms. The summed E-state index contributed by atoms with van der Waals surface area (Å²) in [6.07, 6.45) is 0.454. The molecule has 1 heterocycles. The fraction of sp³-hybridized carbons (Fsp3) is 0.348. The molecule has 0 amide bonds. The number of ketones is 1. The van der Waals surface area contributed by atoms with Gasteiger partial charge in [-0.2, -0.15) is 4.31 Å². The molecule has 32 heavy (non-hydrogen) atoms. The highest BCUT2D eigenvalue weighted by Crippen LogP contribution is 2.28. The summed E-state index contributed by atoms with van der Waals surface area (Å²) in [6.45, 7) is 6.58. The van der Waals surface area contributed by atoms with Crippen LogP contribution < -0.4 is 0 Å². The number of rotatable bonds is 11. The van der Waals surface area contributed by atoms with Gasteiger partial charge in [0.15, 0.2) is 11.0 Å². The molecule has 0 N–H and O–H groups in total. The normalized spacial score (nSPS) is 11.8. The summed E-state index contributed by atoms with van der Waals surface area (Å²) in [6, 6.07) is 16.8. The molecule has 0 saturated carbocycles. The van der Waals surface area contributed by atoms with Crippen molar-refractivity contribution < 1.29 is 13.2 Å². The predicted molar refractivity (Wildman–Crippen MR) is 127 cm³/mol. The summed E-state index contributed by atoms with van der Waals surface area (Å²) in [4.78, 5) is 11.6. The maximum absolute atomic E-state index is 13.0. The Bertz CT molecular complexity index is 1160. The van der Waals surface area contributed by atoms with Crippen LogP contribution in [0.3, 0.4) is 0 Å². The van der Waals surface area contributed by atoms with E-state index in [-0.39, 0.29) is 10.7 Å². The van der Waals surface area contributed by atoms with Crippen molar-refractivity contribution >= 4 is 27.6 Å². The number of hydrogen-bond donors (Lipinski definition) is 0. The number of aromatic nitrogens is 3. The molecule has 0 aliphatic heterocycles. The van der Waals surface area contributed by atoms with Gasteiger partial charge in [0.2, 0.25) is 10.0 Å². The van der Waals surface area contributed by atoms with Crippen LogP contribution in [0, 0.1) is 0 Å². The number of nitrogens with zero attached hydrogens (tertiary/aromatic N) is 4. The standard InChI is InChI=1S/C23H28N4O3S2/c1-4-26(5-2)32(29,30)21-13-9-12-20(16-21)22-24-25-23(31-15-14-18(3)28)27(22)17-19-10-7-6-8-11-19/h6-13,16H,4-5,14-15,17H2,1-3H3. The molecule has 0 saturated heterocycles. The van der Waals surface area contributed by atoms with Gasteiger partial charge in [-0.25, -0.2) is 8.42 Å². The third kappa shape index (κ3) is 5.65. The van der Waals surface area contributed by atoms with E-state index in [0.717, 1.165) is 5.56 Å². The highest BCUT2D eigenvalue weighted by molar-refractivity contribution is 7.99. The third-order valence-corrected chi connectivity index (χ3v) is 8.04. The molecule has 7 nitrogen and oxygen atoms in total. The minimum Gasteiger partial charge on any atom is -0.300 e. The number of thioether (sulfide) groups is 1. The predicted octanol–water partition coefficient (Wildman–Crippen LogP) is 4.10. The van der Waals surface area contributed by atoms with Crippen LogP contribution in [0.4, 0.5) is 0 Å². The number of Topliss-reactive ketones (excluding diaryl/α,β-unsaturated/α-hetero) is 1. The fourth-order valence-electron chi connectivity index (χ4n) is 3.31. The Hall–Kier alpha value is -2.49. The highest BCUT2D eigenvalue weighted by Gasteiger charge is 2.23. The Balaban J connectivity index is 2.01. The second-order valence-corrected chi connectivity index (χ2v) is 10.3. The van der Waals surface area contributed by atoms with Gasteiger partial charge < -0.3 is 0 Å². The minimum absolute atomic E-state index is 0.126. The average molecular weight is 473 g/mol. The van der Waals surface area contributed by atoms with Crippen LogP contribution >= 0.6 is 11.8 Å². The van der Waals surface area contributed by atoms with Gasteiger partial charge in [0, 0.05) is 30.8 Å². The second-order valence-electron chi connectivity index (χ2n) is 7.30. The van der Waals surface area contributed by atoms with Crippen LogP contribution in [0.5, 0.6) is 0 Å². The minimum atomic E-state index is -3.59. The Morgan fingerprint density at radius 1 is 1.03 bits per heavy atom. The van der Waals surface area contributed by atoms with E-state index in [0.29, 0.717) is 48.4 Å². The first-order valence-corrected chi connectivity index (χ1v) is 13.0. The molecule has 0 aliphatic carbocycles. The van der Waals surface area contributed by atoms with Crippen LogP contribution in [-0.2, 0) is 21.4 Å². The number of benzene rings is 2. The zero-order valence-electron chi connectivity index (χ0n) is 18.6. The summed E-state index contributed by atoms with van der Waals surface area (Å²) in [5.41, 5.74) is 1.76. The van der Waals surface area contributed by atoms with Gasteiger partial charge >= 0.3 is 0 Å². The zero-order chi connectivity index (χ0) is 23.1. The lowest BCUT2D eigenvalue weighted by Gasteiger charge is -2.19. The lowest BCUT2D eigenvalue weighted by molar-refractivity contribution is -0.116. The van der Waals surface area contributed by atoms with E-state index in [2.05, 4.69) is 10.2 Å². The van der Waals surface area contributed by atoms with Crippen LogP contribution in [-0.4, -0.2) is 52.1 Å². The van der Waals surface area contributed by atoms with Gasteiger partial charge in [-0.05, 0) is 24.6 Å². The van der Waals surface area contributed by atoms with E-state index < -0.39 is 10.0 Å². The summed E-state index contributed by atoms with van der Waals surface area (Å²) in [5.74, 6) is 1.33. The maximum atomic E-state index is 13.0. The van der Waals surface area contributed by atoms with Gasteiger partial charge in [-0.3, -0.25) is 9.36 Å². The van der Waals surface area contributed by atoms with E-state index in [1.165, 1.54) is 16.1 Å². The first-order chi connectivity index (χ1) is 15.4. The molecule has 0 unspecified atom stereocenters. The summed E-state index contributed by atoms with van der Waals surface area (Å²) >= 11 is 1.47. The first kappa shape index (κ1) is 24.2. The second kappa shape index (κ2) is 10.9. The molecule has 0 aliphatic rings. The molecule has 1 aromatic heterocycles. The van der Waals surface area contributed by atoms with Crippen molar-refractivity contribution in [1.82, 2.24) is 19.1 Å². The smallest absolute Gasteiger partial charge is 0.243 e. The number of sulfonamides is 1. The van der Waals surface area contributed by atoms with Crippen LogP contribution in [0.15, 0.2) is 64.6 Å². The number of hydrogen-bond acceptors (Lipinski definition) is 6. The Kier molecular flexibility index (Phi) is 8.22. The van der Waals surface area contributed by atoms with Crippen molar-refractivity contribution in [3.05, 3.63) is 60.2 Å². The Morgan fingerprint density at radius 2 is 1.75 bits per heavy atom. The van der Waals surface area contributed by atoms with Crippen molar-refractivity contribution in [3.63, 3.8) is 0 Å². The van der Waals surface area contributed by atoms with E-state index in [9.17, 15) is 13.2 Å². The third-order valence-electron chi connectivity index (χ3n) is 5.02. The molecular formula is C23H28N4O3S2. The van der Waals surface area contributed by atoms with E-state index in [1.807, 2.05) is 54.8 Å². The topological polar surface area (TPSA) is 85.2 Å². The monoisotopic (exact) mass is 472 g/mol. The van der Waals surface area contributed by atoms with Crippen LogP contribution in [0.2, 0.25) is 0 Å². The average Bonchev–Trinajstić information content (AvgIpc) is 3.17. The van der Waals surface area contributed by atoms with Gasteiger partial charge in [0.1, 0.15) is 5.78 Å². The SMILES string of the molecule is CCN(CC)S(=O)(=O)c1cccc(-c2nnc(SCCC(C)=O)n2Cc2ccccc2)c1. The molecule has 2 aromatic carbocycles.